The molecule has 0 aromatic heterocycles. The maximum atomic E-state index is 12.3. The van der Waals surface area contributed by atoms with Gasteiger partial charge >= 0.3 is 5.92 Å². The molecule has 15 heavy (non-hydrogen) atoms. The summed E-state index contributed by atoms with van der Waals surface area (Å²) in [4.78, 5) is 0. The number of halogens is 3. The van der Waals surface area contributed by atoms with Gasteiger partial charge in [-0.2, -0.15) is 13.2 Å². The van der Waals surface area contributed by atoms with E-state index in [1.54, 1.807) is 18.2 Å². The standard InChI is InChI=1S/C11H7F3P/c12-11(13,14)15-10-7-3-5-8-4-1-2-6-9(8)10/h1-7H. The van der Waals surface area contributed by atoms with Crippen LogP contribution < -0.4 is 5.30 Å². The first kappa shape index (κ1) is 10.4. The summed E-state index contributed by atoms with van der Waals surface area (Å²) in [5.74, 6) is -4.18. The van der Waals surface area contributed by atoms with Gasteiger partial charge in [-0.1, -0.05) is 42.5 Å². The Labute approximate surface area is 86.9 Å². The third kappa shape index (κ3) is 2.48. The zero-order valence-corrected chi connectivity index (χ0v) is 8.52. The van der Waals surface area contributed by atoms with E-state index in [0.29, 0.717) is 10.7 Å². The molecule has 2 rings (SSSR count). The minimum absolute atomic E-state index is 0.306. The Hall–Kier alpha value is -1.08. The smallest absolute Gasteiger partial charge is 0.166 e. The molecular weight excluding hydrogens is 220 g/mol. The number of alkyl halides is 3. The molecule has 0 spiro atoms. The van der Waals surface area contributed by atoms with Crippen LogP contribution in [-0.4, -0.2) is 5.92 Å². The molecule has 0 bridgehead atoms. The van der Waals surface area contributed by atoms with Crippen molar-refractivity contribution in [3.63, 3.8) is 0 Å². The molecule has 77 valence electrons. The van der Waals surface area contributed by atoms with Crippen molar-refractivity contribution in [2.75, 3.05) is 0 Å². The van der Waals surface area contributed by atoms with Gasteiger partial charge in [-0.05, 0) is 16.1 Å². The first-order valence-corrected chi connectivity index (χ1v) is 5.23. The highest BCUT2D eigenvalue weighted by Crippen LogP contribution is 2.37. The van der Waals surface area contributed by atoms with Crippen LogP contribution in [0.3, 0.4) is 0 Å². The number of rotatable bonds is 1. The normalized spacial score (nSPS) is 12.7. The van der Waals surface area contributed by atoms with Crippen LogP contribution in [0.1, 0.15) is 0 Å². The zero-order chi connectivity index (χ0) is 10.9. The minimum atomic E-state index is -4.18. The van der Waals surface area contributed by atoms with Gasteiger partial charge in [-0.25, -0.2) is 0 Å². The predicted molar refractivity (Wildman–Crippen MR) is 56.6 cm³/mol. The lowest BCUT2D eigenvalue weighted by atomic mass is 10.1. The minimum Gasteiger partial charge on any atom is -0.166 e. The molecule has 0 aliphatic rings. The van der Waals surface area contributed by atoms with E-state index < -0.39 is 14.5 Å². The monoisotopic (exact) mass is 227 g/mol. The second kappa shape index (κ2) is 3.82. The van der Waals surface area contributed by atoms with E-state index in [0.717, 1.165) is 5.39 Å². The summed E-state index contributed by atoms with van der Waals surface area (Å²) >= 11 is 0. The molecule has 0 aliphatic heterocycles. The van der Waals surface area contributed by atoms with Gasteiger partial charge in [0.25, 0.3) is 0 Å². The molecule has 0 N–H and O–H groups in total. The Morgan fingerprint density at radius 2 is 1.53 bits per heavy atom. The maximum absolute atomic E-state index is 12.3. The van der Waals surface area contributed by atoms with Crippen molar-refractivity contribution in [1.82, 2.24) is 0 Å². The van der Waals surface area contributed by atoms with Crippen LogP contribution in [0.25, 0.3) is 10.8 Å². The average Bonchev–Trinajstić information content (AvgIpc) is 2.16. The largest absolute Gasteiger partial charge is 0.413 e. The number of fused-ring (bicyclic) bond motifs is 1. The summed E-state index contributed by atoms with van der Waals surface area (Å²) in [5, 5.41) is 1.81. The van der Waals surface area contributed by atoms with Gasteiger partial charge in [-0.3, -0.25) is 0 Å². The maximum Gasteiger partial charge on any atom is 0.413 e. The molecular formula is C11H7F3P. The Morgan fingerprint density at radius 3 is 2.27 bits per heavy atom. The highest BCUT2D eigenvalue weighted by molar-refractivity contribution is 7.48. The molecule has 0 aliphatic carbocycles. The third-order valence-electron chi connectivity index (χ3n) is 2.01. The summed E-state index contributed by atoms with van der Waals surface area (Å²) in [5.41, 5.74) is 0. The molecule has 2 aromatic carbocycles. The lowest BCUT2D eigenvalue weighted by Crippen LogP contribution is -2.07. The van der Waals surface area contributed by atoms with Gasteiger partial charge in [-0.15, -0.1) is 0 Å². The van der Waals surface area contributed by atoms with Crippen LogP contribution in [0.2, 0.25) is 0 Å². The molecule has 2 aromatic rings. The summed E-state index contributed by atoms with van der Waals surface area (Å²) in [6, 6.07) is 12.1. The molecule has 0 nitrogen and oxygen atoms in total. The van der Waals surface area contributed by atoms with E-state index in [2.05, 4.69) is 0 Å². The third-order valence-corrected chi connectivity index (χ3v) is 2.90. The lowest BCUT2D eigenvalue weighted by molar-refractivity contribution is -0.0359. The highest BCUT2D eigenvalue weighted by atomic mass is 31.1. The number of hydrogen-bond donors (Lipinski definition) is 0. The van der Waals surface area contributed by atoms with Crippen molar-refractivity contribution >= 4 is 24.7 Å². The SMILES string of the molecule is FC(F)(F)[P]c1cccc2ccccc12. The quantitative estimate of drug-likeness (QED) is 0.647. The summed E-state index contributed by atoms with van der Waals surface area (Å²) < 4.78 is 36.8. The molecule has 0 amide bonds. The fourth-order valence-corrected chi connectivity index (χ4v) is 2.20. The summed E-state index contributed by atoms with van der Waals surface area (Å²) in [6.07, 6.45) is 0. The van der Waals surface area contributed by atoms with E-state index in [9.17, 15) is 13.2 Å². The second-order valence-corrected chi connectivity index (χ2v) is 4.29. The van der Waals surface area contributed by atoms with Gasteiger partial charge in [0.15, 0.2) is 0 Å². The van der Waals surface area contributed by atoms with E-state index in [4.69, 9.17) is 0 Å². The van der Waals surface area contributed by atoms with Gasteiger partial charge < -0.3 is 0 Å². The lowest BCUT2D eigenvalue weighted by Gasteiger charge is -2.07. The predicted octanol–water partition coefficient (Wildman–Crippen LogP) is 3.93. The van der Waals surface area contributed by atoms with Gasteiger partial charge in [0.2, 0.25) is 0 Å². The fourth-order valence-electron chi connectivity index (χ4n) is 1.44. The summed E-state index contributed by atoms with van der Waals surface area (Å²) in [6.45, 7) is 0. The first-order chi connectivity index (χ1) is 7.06. The number of benzene rings is 2. The van der Waals surface area contributed by atoms with Crippen LogP contribution in [0, 0.1) is 0 Å². The van der Waals surface area contributed by atoms with E-state index in [1.807, 2.05) is 18.2 Å². The number of hydrogen-bond acceptors (Lipinski definition) is 0. The van der Waals surface area contributed by atoms with Crippen LogP contribution >= 0.6 is 8.58 Å². The molecule has 0 atom stereocenters. The van der Waals surface area contributed by atoms with E-state index in [-0.39, 0.29) is 0 Å². The fraction of sp³-hybridized carbons (Fsp3) is 0.0909. The molecule has 0 saturated heterocycles. The van der Waals surface area contributed by atoms with Crippen molar-refractivity contribution < 1.29 is 13.2 Å². The van der Waals surface area contributed by atoms with Gasteiger partial charge in [0.05, 0.1) is 8.58 Å². The molecule has 1 radical (unpaired) electrons. The van der Waals surface area contributed by atoms with Crippen LogP contribution in [0.4, 0.5) is 13.2 Å². The van der Waals surface area contributed by atoms with Gasteiger partial charge in [0, 0.05) is 0 Å². The molecule has 0 fully saturated rings. The van der Waals surface area contributed by atoms with Gasteiger partial charge in [0.1, 0.15) is 0 Å². The highest BCUT2D eigenvalue weighted by Gasteiger charge is 2.29. The van der Waals surface area contributed by atoms with Crippen molar-refractivity contribution in [3.8, 4) is 0 Å². The Balaban J connectivity index is 2.52. The topological polar surface area (TPSA) is 0 Å². The van der Waals surface area contributed by atoms with Crippen molar-refractivity contribution in [1.29, 1.82) is 0 Å². The second-order valence-electron chi connectivity index (χ2n) is 3.08. The molecule has 0 heterocycles. The van der Waals surface area contributed by atoms with E-state index in [1.165, 1.54) is 6.07 Å². The first-order valence-electron chi connectivity index (χ1n) is 4.34. The van der Waals surface area contributed by atoms with Crippen LogP contribution in [-0.2, 0) is 0 Å². The average molecular weight is 227 g/mol. The van der Waals surface area contributed by atoms with E-state index >= 15 is 0 Å². The van der Waals surface area contributed by atoms with Crippen molar-refractivity contribution in [2.45, 2.75) is 5.92 Å². The molecule has 4 heteroatoms. The van der Waals surface area contributed by atoms with Crippen molar-refractivity contribution in [2.24, 2.45) is 0 Å². The van der Waals surface area contributed by atoms with Crippen molar-refractivity contribution in [3.05, 3.63) is 42.5 Å². The molecule has 0 unspecified atom stereocenters. The zero-order valence-electron chi connectivity index (χ0n) is 7.62. The Bertz CT molecular complexity index is 471. The Kier molecular flexibility index (Phi) is 2.66. The summed E-state index contributed by atoms with van der Waals surface area (Å²) in [7, 11) is -0.601. The Morgan fingerprint density at radius 1 is 0.867 bits per heavy atom. The molecule has 0 saturated carbocycles. The van der Waals surface area contributed by atoms with Crippen LogP contribution in [0.5, 0.6) is 0 Å². The van der Waals surface area contributed by atoms with Crippen LogP contribution in [0.15, 0.2) is 42.5 Å².